The largest absolute Gasteiger partial charge is 0.187 e. The molecule has 0 N–H and O–H groups in total. The number of hydrogen-bond donors (Lipinski definition) is 0. The van der Waals surface area contributed by atoms with Crippen molar-refractivity contribution < 1.29 is 17.9 Å². The maximum Gasteiger partial charge on any atom is 0.187 e. The first-order chi connectivity index (χ1) is 4.59. The van der Waals surface area contributed by atoms with E-state index in [9.17, 15) is 17.9 Å². The first kappa shape index (κ1) is 9.93. The molecule has 0 radical (unpaired) electrons. The molecule has 2 nitrogen and oxygen atoms in total. The van der Waals surface area contributed by atoms with Gasteiger partial charge in [0.1, 0.15) is 0 Å². The number of halogens is 5. The van der Waals surface area contributed by atoms with Gasteiger partial charge in [0.2, 0.25) is 0 Å². The molecule has 0 unspecified atom stereocenters. The zero-order valence-corrected chi connectivity index (χ0v) is 5.53. The van der Waals surface area contributed by atoms with Crippen LogP contribution in [0.15, 0.2) is 0 Å². The Balaban J connectivity index is 3.73. The fraction of sp³-hybridized carbons (Fsp3) is 1.00. The van der Waals surface area contributed by atoms with E-state index in [4.69, 9.17) is 11.6 Å². The molecule has 7 heteroatoms. The molecule has 0 saturated carbocycles. The molecule has 0 aliphatic carbocycles. The lowest BCUT2D eigenvalue weighted by atomic mass is 10.4. The van der Waals surface area contributed by atoms with E-state index >= 15 is 0 Å². The van der Waals surface area contributed by atoms with Crippen LogP contribution in [-0.4, -0.2) is 22.7 Å². The zero-order valence-electron chi connectivity index (χ0n) is 4.78. The lowest BCUT2D eigenvalue weighted by Gasteiger charge is -2.13. The Morgan fingerprint density at radius 2 is 1.50 bits per heavy atom. The second-order valence-corrected chi connectivity index (χ2v) is 1.85. The van der Waals surface area contributed by atoms with Crippen molar-refractivity contribution in [2.45, 2.75) is 12.6 Å². The highest BCUT2D eigenvalue weighted by Crippen LogP contribution is 2.12. The van der Waals surface area contributed by atoms with E-state index in [1.165, 1.54) is 0 Å². The molecule has 0 amide bonds. The Hall–Kier alpha value is -0.0700. The maximum atomic E-state index is 11.4. The van der Waals surface area contributed by atoms with Crippen molar-refractivity contribution in [3.05, 3.63) is 0 Å². The van der Waals surface area contributed by atoms with Crippen LogP contribution in [0.1, 0.15) is 6.42 Å². The molecule has 0 aliphatic rings. The van der Waals surface area contributed by atoms with Crippen molar-refractivity contribution >= 4 is 11.6 Å². The number of alkyl halides is 1. The molecular formula is C3H5ClF4N2. The SMILES string of the molecule is FN(F)C(CCCl)N(F)F. The van der Waals surface area contributed by atoms with E-state index in [1.807, 2.05) is 0 Å². The minimum atomic E-state index is -2.20. The first-order valence-electron chi connectivity index (χ1n) is 2.37. The first-order valence-corrected chi connectivity index (χ1v) is 2.90. The van der Waals surface area contributed by atoms with Gasteiger partial charge in [-0.2, -0.15) is 0 Å². The normalized spacial score (nSPS) is 12.0. The molecule has 0 aromatic carbocycles. The van der Waals surface area contributed by atoms with Gasteiger partial charge in [-0.05, 0) is 0 Å². The van der Waals surface area contributed by atoms with E-state index in [2.05, 4.69) is 0 Å². The van der Waals surface area contributed by atoms with Crippen molar-refractivity contribution in [3.63, 3.8) is 0 Å². The van der Waals surface area contributed by atoms with Crippen molar-refractivity contribution in [1.82, 2.24) is 10.7 Å². The Morgan fingerprint density at radius 3 is 1.60 bits per heavy atom. The van der Waals surface area contributed by atoms with Gasteiger partial charge >= 0.3 is 0 Å². The summed E-state index contributed by atoms with van der Waals surface area (Å²) in [5.41, 5.74) is 0. The highest BCUT2D eigenvalue weighted by atomic mass is 35.5. The van der Waals surface area contributed by atoms with Gasteiger partial charge < -0.3 is 0 Å². The Kier molecular flexibility index (Phi) is 4.67. The quantitative estimate of drug-likeness (QED) is 0.283. The van der Waals surface area contributed by atoms with Gasteiger partial charge in [-0.3, -0.25) is 0 Å². The van der Waals surface area contributed by atoms with Gasteiger partial charge in [-0.25, -0.2) is 0 Å². The third-order valence-corrected chi connectivity index (χ3v) is 1.04. The van der Waals surface area contributed by atoms with E-state index in [0.29, 0.717) is 0 Å². The van der Waals surface area contributed by atoms with E-state index < -0.39 is 23.3 Å². The maximum absolute atomic E-state index is 11.4. The minimum Gasteiger partial charge on any atom is -0.127 e. The standard InChI is InChI=1S/C3H5ClF4N2/c4-2-1-3(9(5)6)10(7)8/h3H,1-2H2. The average molecular weight is 181 g/mol. The van der Waals surface area contributed by atoms with Crippen molar-refractivity contribution in [1.29, 1.82) is 0 Å². The molecular weight excluding hydrogens is 175 g/mol. The van der Waals surface area contributed by atoms with Crippen LogP contribution in [0, 0.1) is 0 Å². The van der Waals surface area contributed by atoms with Gasteiger partial charge in [0.15, 0.2) is 6.17 Å². The molecule has 0 rings (SSSR count). The fourth-order valence-electron chi connectivity index (χ4n) is 0.359. The fourth-order valence-corrected chi connectivity index (χ4v) is 0.554. The van der Waals surface area contributed by atoms with Gasteiger partial charge in [0.25, 0.3) is 0 Å². The number of nitrogens with zero attached hydrogens (tertiary/aromatic N) is 2. The van der Waals surface area contributed by atoms with E-state index in [1.54, 1.807) is 0 Å². The molecule has 0 aromatic heterocycles. The van der Waals surface area contributed by atoms with Crippen molar-refractivity contribution in [2.75, 3.05) is 5.88 Å². The molecule has 0 spiro atoms. The summed E-state index contributed by atoms with van der Waals surface area (Å²) in [6.45, 7) is 0. The van der Waals surface area contributed by atoms with Gasteiger partial charge in [-0.15, -0.1) is 11.6 Å². The van der Waals surface area contributed by atoms with E-state index in [-0.39, 0.29) is 5.88 Å². The monoisotopic (exact) mass is 180 g/mol. The van der Waals surface area contributed by atoms with Gasteiger partial charge in [0.05, 0.1) is 0 Å². The van der Waals surface area contributed by atoms with Crippen molar-refractivity contribution in [2.24, 2.45) is 0 Å². The second kappa shape index (κ2) is 4.70. The summed E-state index contributed by atoms with van der Waals surface area (Å²) in [6.07, 6.45) is -2.68. The zero-order chi connectivity index (χ0) is 8.15. The topological polar surface area (TPSA) is 6.48 Å². The lowest BCUT2D eigenvalue weighted by Crippen LogP contribution is -2.31. The Bertz CT molecular complexity index is 82.6. The molecule has 0 heterocycles. The Labute approximate surface area is 59.7 Å². The minimum absolute atomic E-state index is 0.237. The number of hydrogen-bond acceptors (Lipinski definition) is 2. The van der Waals surface area contributed by atoms with Crippen LogP contribution >= 0.6 is 11.6 Å². The van der Waals surface area contributed by atoms with Crippen LogP contribution in [0.25, 0.3) is 0 Å². The lowest BCUT2D eigenvalue weighted by molar-refractivity contribution is -0.317. The highest BCUT2D eigenvalue weighted by Gasteiger charge is 2.26. The molecule has 0 aliphatic heterocycles. The molecule has 62 valence electrons. The summed E-state index contributed by atoms with van der Waals surface area (Å²) in [5.74, 6) is -0.237. The predicted molar refractivity (Wildman–Crippen MR) is 27.2 cm³/mol. The smallest absolute Gasteiger partial charge is 0.127 e. The summed E-state index contributed by atoms with van der Waals surface area (Å²) in [6, 6.07) is 0. The Morgan fingerprint density at radius 1 is 1.10 bits per heavy atom. The van der Waals surface area contributed by atoms with Crippen LogP contribution in [0.2, 0.25) is 0 Å². The molecule has 0 saturated heterocycles. The van der Waals surface area contributed by atoms with Crippen LogP contribution in [0.5, 0.6) is 0 Å². The summed E-state index contributed by atoms with van der Waals surface area (Å²) in [7, 11) is 0. The number of rotatable bonds is 4. The molecule has 10 heavy (non-hydrogen) atoms. The molecule has 0 atom stereocenters. The van der Waals surface area contributed by atoms with E-state index in [0.717, 1.165) is 0 Å². The van der Waals surface area contributed by atoms with Crippen LogP contribution in [0.4, 0.5) is 17.9 Å². The summed E-state index contributed by atoms with van der Waals surface area (Å²) >= 11 is 4.96. The average Bonchev–Trinajstić information content (AvgIpc) is 1.81. The van der Waals surface area contributed by atoms with Gasteiger partial charge in [0, 0.05) is 23.0 Å². The highest BCUT2D eigenvalue weighted by molar-refractivity contribution is 6.17. The predicted octanol–water partition coefficient (Wildman–Crippen LogP) is 2.08. The molecule has 0 fully saturated rings. The third-order valence-electron chi connectivity index (χ3n) is 0.818. The summed E-state index contributed by atoms with van der Waals surface area (Å²) in [4.78, 5) is 0. The second-order valence-electron chi connectivity index (χ2n) is 1.48. The summed E-state index contributed by atoms with van der Waals surface area (Å²) < 4.78 is 45.6. The van der Waals surface area contributed by atoms with Crippen molar-refractivity contribution in [3.8, 4) is 0 Å². The van der Waals surface area contributed by atoms with Gasteiger partial charge in [-0.1, -0.05) is 17.9 Å². The van der Waals surface area contributed by atoms with Crippen LogP contribution in [0.3, 0.4) is 0 Å². The molecule has 0 bridgehead atoms. The summed E-state index contributed by atoms with van der Waals surface area (Å²) in [5, 5.41) is -3.16. The van der Waals surface area contributed by atoms with Crippen LogP contribution in [-0.2, 0) is 0 Å². The third kappa shape index (κ3) is 3.19. The molecule has 0 aromatic rings. The van der Waals surface area contributed by atoms with Crippen LogP contribution < -0.4 is 0 Å².